The van der Waals surface area contributed by atoms with Crippen molar-refractivity contribution in [2.24, 2.45) is 34.5 Å². The minimum atomic E-state index is -0.136. The number of hydrogen-bond acceptors (Lipinski definition) is 4. The molecule has 4 nitrogen and oxygen atoms in total. The number of rotatable bonds is 6. The van der Waals surface area contributed by atoms with Crippen molar-refractivity contribution in [1.82, 2.24) is 0 Å². The van der Waals surface area contributed by atoms with E-state index in [1.54, 1.807) is 12.5 Å². The molecule has 9 atom stereocenters. The lowest BCUT2D eigenvalue weighted by Gasteiger charge is -2.58. The lowest BCUT2D eigenvalue weighted by Crippen LogP contribution is -2.51. The number of fused-ring (bicyclic) bond motifs is 5. The molecule has 0 heterocycles. The second-order valence-electron chi connectivity index (χ2n) is 11.3. The van der Waals surface area contributed by atoms with Crippen molar-refractivity contribution < 1.29 is 19.0 Å². The second kappa shape index (κ2) is 8.82. The molecule has 4 aliphatic rings. The van der Waals surface area contributed by atoms with Crippen LogP contribution in [0.3, 0.4) is 0 Å². The van der Waals surface area contributed by atoms with E-state index in [4.69, 9.17) is 14.2 Å². The predicted molar refractivity (Wildman–Crippen MR) is 122 cm³/mol. The lowest BCUT2D eigenvalue weighted by atomic mass is 9.47. The zero-order valence-electron chi connectivity index (χ0n) is 20.6. The van der Waals surface area contributed by atoms with Crippen LogP contribution in [0, 0.1) is 34.5 Å². The lowest BCUT2D eigenvalue weighted by molar-refractivity contribution is -0.167. The zero-order chi connectivity index (χ0) is 22.4. The van der Waals surface area contributed by atoms with Gasteiger partial charge >= 0.3 is 5.97 Å². The average Bonchev–Trinajstić information content (AvgIpc) is 3.05. The van der Waals surface area contributed by atoms with Crippen molar-refractivity contribution in [3.8, 4) is 0 Å². The summed E-state index contributed by atoms with van der Waals surface area (Å²) < 4.78 is 17.5. The number of carbonyl (C=O) groups is 1. The quantitative estimate of drug-likeness (QED) is 0.281. The summed E-state index contributed by atoms with van der Waals surface area (Å²) in [5.41, 5.74) is 2.30. The maximum atomic E-state index is 11.6. The monoisotopic (exact) mass is 432 g/mol. The molecule has 31 heavy (non-hydrogen) atoms. The molecule has 4 rings (SSSR count). The normalized spacial score (nSPS) is 43.8. The van der Waals surface area contributed by atoms with Gasteiger partial charge in [0.05, 0.1) is 6.10 Å². The molecule has 0 aromatic rings. The van der Waals surface area contributed by atoms with Crippen molar-refractivity contribution in [1.29, 1.82) is 0 Å². The second-order valence-corrected chi connectivity index (χ2v) is 11.3. The number of hydrogen-bond donors (Lipinski definition) is 0. The first-order chi connectivity index (χ1) is 14.7. The minimum absolute atomic E-state index is 0.0363. The van der Waals surface area contributed by atoms with E-state index in [9.17, 15) is 4.79 Å². The smallest absolute Gasteiger partial charge is 0.302 e. The van der Waals surface area contributed by atoms with Gasteiger partial charge in [-0.15, -0.1) is 0 Å². The van der Waals surface area contributed by atoms with Gasteiger partial charge in [0.1, 0.15) is 6.10 Å². The molecule has 0 bridgehead atoms. The Kier molecular flexibility index (Phi) is 6.63. The highest BCUT2D eigenvalue weighted by molar-refractivity contribution is 5.66. The Labute approximate surface area is 189 Å². The van der Waals surface area contributed by atoms with E-state index in [0.29, 0.717) is 29.5 Å². The van der Waals surface area contributed by atoms with E-state index in [1.807, 2.05) is 13.8 Å². The van der Waals surface area contributed by atoms with Crippen LogP contribution in [0.5, 0.6) is 0 Å². The number of ether oxygens (including phenoxy) is 3. The highest BCUT2D eigenvalue weighted by Crippen LogP contribution is 2.66. The van der Waals surface area contributed by atoms with Crippen molar-refractivity contribution in [2.75, 3.05) is 6.61 Å². The van der Waals surface area contributed by atoms with E-state index in [1.165, 1.54) is 38.5 Å². The minimum Gasteiger partial charge on any atom is -0.463 e. The van der Waals surface area contributed by atoms with Gasteiger partial charge in [0.25, 0.3) is 0 Å². The Morgan fingerprint density at radius 3 is 2.61 bits per heavy atom. The van der Waals surface area contributed by atoms with Crippen molar-refractivity contribution in [3.63, 3.8) is 0 Å². The van der Waals surface area contributed by atoms with Gasteiger partial charge in [-0.05, 0) is 101 Å². The molecule has 0 aliphatic heterocycles. The maximum absolute atomic E-state index is 11.6. The maximum Gasteiger partial charge on any atom is 0.302 e. The molecule has 0 N–H and O–H groups in total. The topological polar surface area (TPSA) is 44.8 Å². The molecule has 4 heteroatoms. The molecule has 0 amide bonds. The molecular formula is C27H44O4. The third kappa shape index (κ3) is 4.12. The number of carbonyl (C=O) groups excluding carboxylic acids is 1. The van der Waals surface area contributed by atoms with Crippen LogP contribution < -0.4 is 0 Å². The third-order valence-corrected chi connectivity index (χ3v) is 9.84. The van der Waals surface area contributed by atoms with Crippen molar-refractivity contribution in [2.45, 2.75) is 111 Å². The van der Waals surface area contributed by atoms with Crippen LogP contribution in [0.25, 0.3) is 0 Å². The molecule has 0 spiro atoms. The van der Waals surface area contributed by atoms with Gasteiger partial charge in [-0.2, -0.15) is 0 Å². The van der Waals surface area contributed by atoms with Gasteiger partial charge in [-0.25, -0.2) is 0 Å². The summed E-state index contributed by atoms with van der Waals surface area (Å²) in [6.07, 6.45) is 12.6. The summed E-state index contributed by atoms with van der Waals surface area (Å²) in [4.78, 5) is 11.6. The highest BCUT2D eigenvalue weighted by atomic mass is 16.7. The van der Waals surface area contributed by atoms with Crippen molar-refractivity contribution in [3.05, 3.63) is 11.6 Å². The molecule has 0 radical (unpaired) electrons. The van der Waals surface area contributed by atoms with Crippen LogP contribution in [0.2, 0.25) is 0 Å². The van der Waals surface area contributed by atoms with Crippen LogP contribution in [0.1, 0.15) is 92.9 Å². The van der Waals surface area contributed by atoms with Gasteiger partial charge in [0, 0.05) is 19.4 Å². The van der Waals surface area contributed by atoms with E-state index in [2.05, 4.69) is 26.8 Å². The summed E-state index contributed by atoms with van der Waals surface area (Å²) >= 11 is 0. The Balaban J connectivity index is 1.49. The van der Waals surface area contributed by atoms with Crippen LogP contribution in [-0.4, -0.2) is 31.1 Å². The molecule has 0 aromatic heterocycles. The van der Waals surface area contributed by atoms with Crippen LogP contribution >= 0.6 is 0 Å². The molecular weight excluding hydrogens is 388 g/mol. The van der Waals surface area contributed by atoms with Gasteiger partial charge in [-0.1, -0.05) is 25.5 Å². The van der Waals surface area contributed by atoms with Crippen LogP contribution in [-0.2, 0) is 19.0 Å². The summed E-state index contributed by atoms with van der Waals surface area (Å²) in [5, 5.41) is 0. The number of allylic oxidation sites excluding steroid dienone is 1. The summed E-state index contributed by atoms with van der Waals surface area (Å²) in [5.74, 6) is 2.70. The van der Waals surface area contributed by atoms with Crippen LogP contribution in [0.4, 0.5) is 0 Å². The first-order valence-electron chi connectivity index (χ1n) is 12.8. The molecule has 3 saturated carbocycles. The SMILES string of the molecule is CCOC(C)OC1CCC2(C)C(=CCC3C2CCC2(C)C(C(C)OC(C)=O)CCC32)C1. The summed E-state index contributed by atoms with van der Waals surface area (Å²) in [6, 6.07) is 0. The molecule has 0 aromatic carbocycles. The molecule has 176 valence electrons. The van der Waals surface area contributed by atoms with Gasteiger partial charge in [-0.3, -0.25) is 4.79 Å². The number of esters is 1. The predicted octanol–water partition coefficient (Wildman–Crippen LogP) is 6.28. The first-order valence-corrected chi connectivity index (χ1v) is 12.8. The molecule has 4 aliphatic carbocycles. The van der Waals surface area contributed by atoms with Crippen LogP contribution in [0.15, 0.2) is 11.6 Å². The first kappa shape index (κ1) is 23.3. The van der Waals surface area contributed by atoms with E-state index in [0.717, 1.165) is 30.6 Å². The van der Waals surface area contributed by atoms with Gasteiger partial charge in [0.15, 0.2) is 6.29 Å². The fraction of sp³-hybridized carbons (Fsp3) is 0.889. The van der Waals surface area contributed by atoms with Gasteiger partial charge in [0.2, 0.25) is 0 Å². The van der Waals surface area contributed by atoms with Crippen molar-refractivity contribution >= 4 is 5.97 Å². The largest absolute Gasteiger partial charge is 0.463 e. The van der Waals surface area contributed by atoms with E-state index >= 15 is 0 Å². The summed E-state index contributed by atoms with van der Waals surface area (Å²) in [6.45, 7) is 13.5. The molecule has 9 unspecified atom stereocenters. The fourth-order valence-corrected chi connectivity index (χ4v) is 8.44. The Hall–Kier alpha value is -0.870. The van der Waals surface area contributed by atoms with Gasteiger partial charge < -0.3 is 14.2 Å². The average molecular weight is 433 g/mol. The Bertz CT molecular complexity index is 701. The fourth-order valence-electron chi connectivity index (χ4n) is 8.44. The highest BCUT2D eigenvalue weighted by Gasteiger charge is 2.59. The molecule has 0 saturated heterocycles. The summed E-state index contributed by atoms with van der Waals surface area (Å²) in [7, 11) is 0. The Morgan fingerprint density at radius 1 is 1.13 bits per heavy atom. The van der Waals surface area contributed by atoms with E-state index in [-0.39, 0.29) is 18.4 Å². The third-order valence-electron chi connectivity index (χ3n) is 9.84. The van der Waals surface area contributed by atoms with E-state index < -0.39 is 0 Å². The molecule has 3 fully saturated rings. The zero-order valence-corrected chi connectivity index (χ0v) is 20.6. The Morgan fingerprint density at radius 2 is 1.90 bits per heavy atom. The standard InChI is InChI=1S/C27H44O4/c1-7-29-19(4)31-21-12-14-26(5)20(16-21)8-9-22-24-11-10-23(17(2)30-18(3)28)27(24,6)15-13-25(22)26/h8,17,19,21-25H,7,9-16H2,1-6H3.